The monoisotopic (exact) mass is 533 g/mol. The van der Waals surface area contributed by atoms with E-state index in [9.17, 15) is 35.1 Å². The molecule has 11 nitrogen and oxygen atoms in total. The maximum absolute atomic E-state index is 13.0. The number of hydrogen-bond donors (Lipinski definition) is 6. The van der Waals surface area contributed by atoms with Gasteiger partial charge in [-0.2, -0.15) is 0 Å². The molecule has 0 bridgehead atoms. The summed E-state index contributed by atoms with van der Waals surface area (Å²) >= 11 is 0. The summed E-state index contributed by atoms with van der Waals surface area (Å²) < 4.78 is 16.9. The number of nitrogens with one attached hydrogen (secondary N) is 1. The molecule has 1 saturated heterocycles. The summed E-state index contributed by atoms with van der Waals surface area (Å²) in [6, 6.07) is 13.7. The van der Waals surface area contributed by atoms with Crippen molar-refractivity contribution in [2.45, 2.75) is 63.0 Å². The number of benzene rings is 2. The second kappa shape index (κ2) is 14.2. The number of carboxylic acids is 1. The Morgan fingerprint density at radius 3 is 2.47 bits per heavy atom. The first kappa shape index (κ1) is 29.5. The second-order valence-electron chi connectivity index (χ2n) is 9.10. The molecule has 0 aromatic heterocycles. The highest BCUT2D eigenvalue weighted by atomic mass is 16.7. The molecule has 2 aromatic rings. The molecule has 0 saturated carbocycles. The minimum Gasteiger partial charge on any atom is -0.508 e. The molecule has 0 aliphatic carbocycles. The van der Waals surface area contributed by atoms with Gasteiger partial charge in [-0.1, -0.05) is 37.3 Å². The minimum absolute atomic E-state index is 0.0937. The molecular formula is C27H35NO10. The van der Waals surface area contributed by atoms with Crippen LogP contribution in [0.15, 0.2) is 48.5 Å². The van der Waals surface area contributed by atoms with Crippen molar-refractivity contribution >= 4 is 11.8 Å². The number of phenolic OH excluding ortho intramolecular Hbond substituents is 1. The first-order valence-corrected chi connectivity index (χ1v) is 12.5. The van der Waals surface area contributed by atoms with Crippen molar-refractivity contribution in [3.63, 3.8) is 0 Å². The Hall–Kier alpha value is -3.06. The quantitative estimate of drug-likeness (QED) is 0.150. The highest BCUT2D eigenvalue weighted by Crippen LogP contribution is 2.27. The lowest BCUT2D eigenvalue weighted by Gasteiger charge is -2.39. The van der Waals surface area contributed by atoms with E-state index in [4.69, 9.17) is 14.2 Å². The number of Topliss-reactive ketones (excluding diaryl/α,β-unsaturated/α-hetero) is 1. The molecule has 6 atom stereocenters. The molecule has 1 fully saturated rings. The Morgan fingerprint density at radius 1 is 1.05 bits per heavy atom. The van der Waals surface area contributed by atoms with Gasteiger partial charge in [0.2, 0.25) is 0 Å². The Kier molecular flexibility index (Phi) is 11.0. The molecule has 11 heteroatoms. The smallest absolute Gasteiger partial charge is 0.335 e. The Labute approximate surface area is 220 Å². The number of ether oxygens (including phenoxy) is 3. The summed E-state index contributed by atoms with van der Waals surface area (Å²) in [6.45, 7) is 2.68. The summed E-state index contributed by atoms with van der Waals surface area (Å²) in [5.74, 6) is -1.62. The van der Waals surface area contributed by atoms with E-state index < -0.39 is 42.8 Å². The van der Waals surface area contributed by atoms with E-state index in [1.54, 1.807) is 0 Å². The van der Waals surface area contributed by atoms with E-state index >= 15 is 0 Å². The summed E-state index contributed by atoms with van der Waals surface area (Å²) in [5.41, 5.74) is 1.19. The van der Waals surface area contributed by atoms with Crippen molar-refractivity contribution < 1.29 is 49.3 Å². The Bertz CT molecular complexity index is 1050. The van der Waals surface area contributed by atoms with Gasteiger partial charge in [0, 0.05) is 13.0 Å². The molecule has 3 rings (SSSR count). The third-order valence-corrected chi connectivity index (χ3v) is 6.11. The number of carboxylic acid groups (broad SMARTS) is 1. The third-order valence-electron chi connectivity index (χ3n) is 6.11. The van der Waals surface area contributed by atoms with Gasteiger partial charge in [0.05, 0.1) is 5.56 Å². The van der Waals surface area contributed by atoms with Crippen molar-refractivity contribution in [2.24, 2.45) is 0 Å². The lowest BCUT2D eigenvalue weighted by molar-refractivity contribution is -0.305. The highest BCUT2D eigenvalue weighted by molar-refractivity contribution is 5.99. The van der Waals surface area contributed by atoms with Crippen LogP contribution in [-0.2, 0) is 20.7 Å². The zero-order valence-corrected chi connectivity index (χ0v) is 21.1. The van der Waals surface area contributed by atoms with Gasteiger partial charge in [-0.15, -0.1) is 0 Å². The fourth-order valence-electron chi connectivity index (χ4n) is 4.02. The number of hydrogen-bond acceptors (Lipinski definition) is 10. The van der Waals surface area contributed by atoms with Crippen LogP contribution in [0.4, 0.5) is 0 Å². The van der Waals surface area contributed by atoms with Gasteiger partial charge in [0.25, 0.3) is 0 Å². The van der Waals surface area contributed by atoms with Crippen molar-refractivity contribution in [2.75, 3.05) is 19.7 Å². The van der Waals surface area contributed by atoms with E-state index in [0.29, 0.717) is 13.0 Å². The standard InChI is InChI=1S/C27H35NO10/c1-2-12-28-14-18(37-27-24(33)22(31)23(32)25(38-27)26(34)35)15-36-21-11-9-17(29)13-19(21)20(30)10-8-16-6-4-3-5-7-16/h3-7,9,11,13,18,22-25,27-29,31-33H,2,8,10,12,14-15H2,1H3,(H,34,35)/t18?,22-,23-,24+,25-,27+/m1/s1. The van der Waals surface area contributed by atoms with Crippen LogP contribution < -0.4 is 10.1 Å². The molecule has 0 amide bonds. The molecule has 0 radical (unpaired) electrons. The molecule has 208 valence electrons. The summed E-state index contributed by atoms with van der Waals surface area (Å²) in [6.07, 6.45) is -7.98. The van der Waals surface area contributed by atoms with Crippen molar-refractivity contribution in [1.82, 2.24) is 5.32 Å². The van der Waals surface area contributed by atoms with Crippen LogP contribution in [0.25, 0.3) is 0 Å². The number of ketones is 1. The van der Waals surface area contributed by atoms with E-state index in [-0.39, 0.29) is 42.4 Å². The van der Waals surface area contributed by atoms with Crippen LogP contribution in [0.3, 0.4) is 0 Å². The lowest BCUT2D eigenvalue weighted by atomic mass is 9.99. The maximum Gasteiger partial charge on any atom is 0.335 e. The van der Waals surface area contributed by atoms with Crippen LogP contribution in [0, 0.1) is 0 Å². The predicted octanol–water partition coefficient (Wildman–Crippen LogP) is 0.863. The van der Waals surface area contributed by atoms with Gasteiger partial charge in [-0.05, 0) is 43.1 Å². The van der Waals surface area contributed by atoms with Crippen LogP contribution in [-0.4, -0.2) is 93.8 Å². The molecule has 1 unspecified atom stereocenters. The van der Waals surface area contributed by atoms with Crippen molar-refractivity contribution in [1.29, 1.82) is 0 Å². The van der Waals surface area contributed by atoms with Gasteiger partial charge in [0.1, 0.15) is 42.5 Å². The number of aliphatic carboxylic acids is 1. The van der Waals surface area contributed by atoms with E-state index in [0.717, 1.165) is 12.0 Å². The zero-order valence-electron chi connectivity index (χ0n) is 21.1. The molecular weight excluding hydrogens is 498 g/mol. The van der Waals surface area contributed by atoms with Crippen LogP contribution in [0.2, 0.25) is 0 Å². The molecule has 1 aliphatic rings. The van der Waals surface area contributed by atoms with Crippen LogP contribution in [0.5, 0.6) is 11.5 Å². The Morgan fingerprint density at radius 2 is 1.79 bits per heavy atom. The average molecular weight is 534 g/mol. The van der Waals surface area contributed by atoms with E-state index in [1.165, 1.54) is 18.2 Å². The largest absolute Gasteiger partial charge is 0.508 e. The minimum atomic E-state index is -1.84. The topological polar surface area (TPSA) is 175 Å². The highest BCUT2D eigenvalue weighted by Gasteiger charge is 2.48. The fourth-order valence-corrected chi connectivity index (χ4v) is 4.02. The van der Waals surface area contributed by atoms with Crippen molar-refractivity contribution in [3.05, 3.63) is 59.7 Å². The molecule has 38 heavy (non-hydrogen) atoms. The van der Waals surface area contributed by atoms with Crippen LogP contribution >= 0.6 is 0 Å². The van der Waals surface area contributed by atoms with Crippen molar-refractivity contribution in [3.8, 4) is 11.5 Å². The van der Waals surface area contributed by atoms with Gasteiger partial charge in [0.15, 0.2) is 18.2 Å². The molecule has 1 aliphatic heterocycles. The SMILES string of the molecule is CCCNCC(COc1ccc(O)cc1C(=O)CCc1ccccc1)O[C@H]1O[C@@H](C(=O)O)[C@H](O)[C@@H](O)[C@@H]1O. The Balaban J connectivity index is 1.71. The fraction of sp³-hybridized carbons (Fsp3) is 0.481. The number of aromatic hydroxyl groups is 1. The summed E-state index contributed by atoms with van der Waals surface area (Å²) in [4.78, 5) is 24.4. The number of phenols is 1. The normalized spacial score (nSPS) is 24.1. The lowest BCUT2D eigenvalue weighted by Crippen LogP contribution is -2.61. The summed E-state index contributed by atoms with van der Waals surface area (Å²) in [7, 11) is 0. The second-order valence-corrected chi connectivity index (χ2v) is 9.10. The average Bonchev–Trinajstić information content (AvgIpc) is 2.91. The molecule has 0 spiro atoms. The summed E-state index contributed by atoms with van der Waals surface area (Å²) in [5, 5.41) is 52.7. The van der Waals surface area contributed by atoms with Gasteiger partial charge < -0.3 is 45.1 Å². The first-order chi connectivity index (χ1) is 18.2. The molecule has 6 N–H and O–H groups in total. The zero-order chi connectivity index (χ0) is 27.7. The number of carbonyl (C=O) groups is 2. The number of rotatable bonds is 14. The predicted molar refractivity (Wildman–Crippen MR) is 135 cm³/mol. The number of aryl methyl sites for hydroxylation is 1. The number of carbonyl (C=O) groups excluding carboxylic acids is 1. The first-order valence-electron chi connectivity index (χ1n) is 12.5. The van der Waals surface area contributed by atoms with Gasteiger partial charge in [-0.25, -0.2) is 4.79 Å². The van der Waals surface area contributed by atoms with Gasteiger partial charge >= 0.3 is 5.97 Å². The van der Waals surface area contributed by atoms with Crippen LogP contribution in [0.1, 0.15) is 35.7 Å². The molecule has 2 aromatic carbocycles. The number of aliphatic hydroxyl groups excluding tert-OH is 3. The maximum atomic E-state index is 13.0. The third kappa shape index (κ3) is 7.97. The van der Waals surface area contributed by atoms with Gasteiger partial charge in [-0.3, -0.25) is 4.79 Å². The molecule has 1 heterocycles. The van der Waals surface area contributed by atoms with E-state index in [1.807, 2.05) is 37.3 Å². The number of aliphatic hydroxyl groups is 3. The van der Waals surface area contributed by atoms with E-state index in [2.05, 4.69) is 5.32 Å².